The van der Waals surface area contributed by atoms with Crippen LogP contribution in [0.5, 0.6) is 11.5 Å². The topological polar surface area (TPSA) is 73.9 Å². The van der Waals surface area contributed by atoms with Gasteiger partial charge in [-0.1, -0.05) is 29.8 Å². The third-order valence-corrected chi connectivity index (χ3v) is 4.84. The summed E-state index contributed by atoms with van der Waals surface area (Å²) in [5.74, 6) is 0.853. The van der Waals surface area contributed by atoms with Crippen molar-refractivity contribution in [1.29, 1.82) is 0 Å². The minimum atomic E-state index is -0.871. The first-order chi connectivity index (χ1) is 13.1. The predicted octanol–water partition coefficient (Wildman–Crippen LogP) is 2.59. The second-order valence-electron chi connectivity index (χ2n) is 5.98. The average molecular weight is 387 g/mol. The molecule has 0 saturated carbocycles. The van der Waals surface area contributed by atoms with Crippen molar-refractivity contribution < 1.29 is 23.8 Å². The normalized spacial score (nSPS) is 15.1. The van der Waals surface area contributed by atoms with Gasteiger partial charge in [-0.25, -0.2) is 4.79 Å². The van der Waals surface area contributed by atoms with E-state index in [0.717, 1.165) is 10.6 Å². The first-order valence-corrected chi connectivity index (χ1v) is 9.61. The van der Waals surface area contributed by atoms with Crippen LogP contribution in [0, 0.1) is 6.92 Å². The van der Waals surface area contributed by atoms with Crippen LogP contribution >= 0.6 is 11.8 Å². The number of para-hydroxylation sites is 2. The smallest absolute Gasteiger partial charge is 0.351 e. The molecular weight excluding hydrogens is 366 g/mol. The van der Waals surface area contributed by atoms with Gasteiger partial charge in [0.2, 0.25) is 6.10 Å². The van der Waals surface area contributed by atoms with Gasteiger partial charge in [0.25, 0.3) is 5.91 Å². The van der Waals surface area contributed by atoms with Crippen molar-refractivity contribution in [2.45, 2.75) is 17.9 Å². The first kappa shape index (κ1) is 19.1. The summed E-state index contributed by atoms with van der Waals surface area (Å²) in [5, 5.41) is 2.73. The maximum atomic E-state index is 12.0. The predicted molar refractivity (Wildman–Crippen MR) is 102 cm³/mol. The van der Waals surface area contributed by atoms with Crippen molar-refractivity contribution in [3.8, 4) is 11.5 Å². The molecule has 2 aromatic carbocycles. The van der Waals surface area contributed by atoms with Gasteiger partial charge in [-0.15, -0.1) is 11.8 Å². The number of carbonyl (C=O) groups is 2. The highest BCUT2D eigenvalue weighted by molar-refractivity contribution is 7.99. The van der Waals surface area contributed by atoms with Gasteiger partial charge in [0.15, 0.2) is 18.1 Å². The number of hydrogen-bond acceptors (Lipinski definition) is 6. The second-order valence-corrected chi connectivity index (χ2v) is 7.15. The zero-order valence-electron chi connectivity index (χ0n) is 15.0. The summed E-state index contributed by atoms with van der Waals surface area (Å²) in [6, 6.07) is 15.3. The van der Waals surface area contributed by atoms with Crippen LogP contribution < -0.4 is 14.8 Å². The quantitative estimate of drug-likeness (QED) is 0.447. The Bertz CT molecular complexity index is 793. The van der Waals surface area contributed by atoms with Crippen LogP contribution in [-0.2, 0) is 14.3 Å². The number of hydrogen-bond donors (Lipinski definition) is 1. The molecule has 1 atom stereocenters. The van der Waals surface area contributed by atoms with E-state index in [2.05, 4.69) is 17.4 Å². The molecule has 6 nitrogen and oxygen atoms in total. The molecule has 2 aromatic rings. The number of thioether (sulfide) groups is 1. The lowest BCUT2D eigenvalue weighted by Crippen LogP contribution is -2.39. The number of esters is 1. The van der Waals surface area contributed by atoms with E-state index in [1.807, 2.05) is 25.1 Å². The number of nitrogens with one attached hydrogen (secondary N) is 1. The van der Waals surface area contributed by atoms with Gasteiger partial charge in [0, 0.05) is 17.2 Å². The van der Waals surface area contributed by atoms with Gasteiger partial charge in [-0.3, -0.25) is 4.79 Å². The fourth-order valence-electron chi connectivity index (χ4n) is 2.41. The summed E-state index contributed by atoms with van der Waals surface area (Å²) in [7, 11) is 0. The Morgan fingerprint density at radius 3 is 2.67 bits per heavy atom. The molecule has 0 fully saturated rings. The molecule has 1 heterocycles. The van der Waals surface area contributed by atoms with Crippen molar-refractivity contribution in [3.63, 3.8) is 0 Å². The summed E-state index contributed by atoms with van der Waals surface area (Å²) in [6.07, 6.45) is -0.871. The van der Waals surface area contributed by atoms with Gasteiger partial charge < -0.3 is 19.5 Å². The van der Waals surface area contributed by atoms with E-state index in [1.165, 1.54) is 5.56 Å². The minimum Gasteiger partial charge on any atom is -0.485 e. The summed E-state index contributed by atoms with van der Waals surface area (Å²) >= 11 is 1.65. The Labute approximate surface area is 162 Å². The first-order valence-electron chi connectivity index (χ1n) is 8.63. The monoisotopic (exact) mass is 387 g/mol. The van der Waals surface area contributed by atoms with Crippen molar-refractivity contribution in [2.24, 2.45) is 0 Å². The second kappa shape index (κ2) is 9.32. The summed E-state index contributed by atoms with van der Waals surface area (Å²) in [5.41, 5.74) is 1.21. The molecule has 0 saturated heterocycles. The van der Waals surface area contributed by atoms with Crippen molar-refractivity contribution in [1.82, 2.24) is 5.32 Å². The van der Waals surface area contributed by atoms with E-state index in [1.54, 1.807) is 30.0 Å². The zero-order chi connectivity index (χ0) is 19.1. The summed E-state index contributed by atoms with van der Waals surface area (Å²) < 4.78 is 16.0. The van der Waals surface area contributed by atoms with Crippen LogP contribution in [0.1, 0.15) is 5.56 Å². The molecule has 0 unspecified atom stereocenters. The lowest BCUT2D eigenvalue weighted by Gasteiger charge is -2.24. The fraction of sp³-hybridized carbons (Fsp3) is 0.300. The molecule has 0 radical (unpaired) electrons. The van der Waals surface area contributed by atoms with Gasteiger partial charge in [0.05, 0.1) is 0 Å². The standard InChI is InChI=1S/C20H21NO5S/c1-14-6-8-15(9-7-14)27-11-10-21-19(22)13-25-20(23)18-12-24-16-4-2-3-5-17(16)26-18/h2-9,18H,10-13H2,1H3,(H,21,22)/t18-/m0/s1. The maximum Gasteiger partial charge on any atom is 0.351 e. The largest absolute Gasteiger partial charge is 0.485 e. The highest BCUT2D eigenvalue weighted by atomic mass is 32.2. The van der Waals surface area contributed by atoms with Gasteiger partial charge in [-0.2, -0.15) is 0 Å². The van der Waals surface area contributed by atoms with Crippen LogP contribution in [-0.4, -0.2) is 43.5 Å². The Hall–Kier alpha value is -2.67. The number of rotatable bonds is 7. The van der Waals surface area contributed by atoms with E-state index in [0.29, 0.717) is 18.0 Å². The van der Waals surface area contributed by atoms with Crippen LogP contribution in [0.15, 0.2) is 53.4 Å². The number of ether oxygens (including phenoxy) is 3. The molecule has 7 heteroatoms. The molecule has 0 spiro atoms. The lowest BCUT2D eigenvalue weighted by atomic mass is 10.2. The Morgan fingerprint density at radius 1 is 1.15 bits per heavy atom. The lowest BCUT2D eigenvalue weighted by molar-refractivity contribution is -0.157. The van der Waals surface area contributed by atoms with E-state index in [9.17, 15) is 9.59 Å². The third kappa shape index (κ3) is 5.65. The van der Waals surface area contributed by atoms with Crippen molar-refractivity contribution in [2.75, 3.05) is 25.5 Å². The van der Waals surface area contributed by atoms with Crippen molar-refractivity contribution >= 4 is 23.6 Å². The molecule has 142 valence electrons. The number of carbonyl (C=O) groups excluding carboxylic acids is 2. The van der Waals surface area contributed by atoms with E-state index >= 15 is 0 Å². The molecule has 0 aromatic heterocycles. The molecule has 0 aliphatic carbocycles. The molecule has 27 heavy (non-hydrogen) atoms. The van der Waals surface area contributed by atoms with E-state index in [4.69, 9.17) is 14.2 Å². The highest BCUT2D eigenvalue weighted by Crippen LogP contribution is 2.31. The Kier molecular flexibility index (Phi) is 6.59. The van der Waals surface area contributed by atoms with E-state index < -0.39 is 12.1 Å². The molecule has 1 aliphatic rings. The molecule has 1 aliphatic heterocycles. The SMILES string of the molecule is Cc1ccc(SCCNC(=O)COC(=O)[C@@H]2COc3ccccc3O2)cc1. The molecule has 1 amide bonds. The number of fused-ring (bicyclic) bond motifs is 1. The molecule has 3 rings (SSSR count). The maximum absolute atomic E-state index is 12.0. The molecular formula is C20H21NO5S. The van der Waals surface area contributed by atoms with Gasteiger partial charge >= 0.3 is 5.97 Å². The molecule has 0 bridgehead atoms. The third-order valence-electron chi connectivity index (χ3n) is 3.83. The van der Waals surface area contributed by atoms with Crippen LogP contribution in [0.3, 0.4) is 0 Å². The fourth-order valence-corrected chi connectivity index (χ4v) is 3.18. The highest BCUT2D eigenvalue weighted by Gasteiger charge is 2.29. The van der Waals surface area contributed by atoms with Crippen LogP contribution in [0.4, 0.5) is 0 Å². The number of benzene rings is 2. The van der Waals surface area contributed by atoms with E-state index in [-0.39, 0.29) is 19.1 Å². The summed E-state index contributed by atoms with van der Waals surface area (Å²) in [4.78, 5) is 25.0. The Morgan fingerprint density at radius 2 is 1.89 bits per heavy atom. The average Bonchev–Trinajstić information content (AvgIpc) is 2.70. The summed E-state index contributed by atoms with van der Waals surface area (Å²) in [6.45, 7) is 2.25. The van der Waals surface area contributed by atoms with Gasteiger partial charge in [-0.05, 0) is 31.2 Å². The zero-order valence-corrected chi connectivity index (χ0v) is 15.8. The van der Waals surface area contributed by atoms with Crippen LogP contribution in [0.2, 0.25) is 0 Å². The number of aryl methyl sites for hydroxylation is 1. The Balaban J connectivity index is 1.33. The minimum absolute atomic E-state index is 0.0602. The molecule has 1 N–H and O–H groups in total. The van der Waals surface area contributed by atoms with Crippen LogP contribution in [0.25, 0.3) is 0 Å². The van der Waals surface area contributed by atoms with Gasteiger partial charge in [0.1, 0.15) is 6.61 Å². The number of amides is 1. The van der Waals surface area contributed by atoms with Crippen molar-refractivity contribution in [3.05, 3.63) is 54.1 Å².